The van der Waals surface area contributed by atoms with Crippen molar-refractivity contribution in [3.05, 3.63) is 71.3 Å². The van der Waals surface area contributed by atoms with Crippen molar-refractivity contribution < 1.29 is 9.53 Å². The van der Waals surface area contributed by atoms with Crippen molar-refractivity contribution in [3.63, 3.8) is 0 Å². The standard InChI is InChI=1S/C22H21NO2/c1-2-3-17-23-22(24)25-18-21-15-13-20(14-16-21)12-8-7-11-19-9-5-4-6-10-19/h4-6,9-10,13-16H,2-3,17-18H2,1H3,(H,23,24). The Morgan fingerprint density at radius 3 is 2.24 bits per heavy atom. The first-order valence-electron chi connectivity index (χ1n) is 8.34. The van der Waals surface area contributed by atoms with Gasteiger partial charge in [-0.05, 0) is 48.1 Å². The maximum absolute atomic E-state index is 11.5. The van der Waals surface area contributed by atoms with E-state index in [0.29, 0.717) is 6.54 Å². The Morgan fingerprint density at radius 2 is 1.60 bits per heavy atom. The van der Waals surface area contributed by atoms with Gasteiger partial charge < -0.3 is 10.1 Å². The van der Waals surface area contributed by atoms with Crippen LogP contribution in [0.25, 0.3) is 0 Å². The first-order valence-corrected chi connectivity index (χ1v) is 8.34. The van der Waals surface area contributed by atoms with Crippen LogP contribution in [0, 0.1) is 23.7 Å². The second-order valence-electron chi connectivity index (χ2n) is 5.42. The van der Waals surface area contributed by atoms with Crippen molar-refractivity contribution in [1.82, 2.24) is 5.32 Å². The summed E-state index contributed by atoms with van der Waals surface area (Å²) < 4.78 is 5.15. The van der Waals surface area contributed by atoms with Crippen LogP contribution in [0.15, 0.2) is 54.6 Å². The third-order valence-corrected chi connectivity index (χ3v) is 3.37. The van der Waals surface area contributed by atoms with E-state index in [1.807, 2.05) is 54.6 Å². The Labute approximate surface area is 149 Å². The molecule has 0 aliphatic carbocycles. The molecule has 0 aliphatic rings. The van der Waals surface area contributed by atoms with Gasteiger partial charge >= 0.3 is 6.09 Å². The van der Waals surface area contributed by atoms with Gasteiger partial charge in [0.1, 0.15) is 6.61 Å². The van der Waals surface area contributed by atoms with E-state index in [1.54, 1.807) is 0 Å². The van der Waals surface area contributed by atoms with Crippen LogP contribution in [-0.4, -0.2) is 12.6 Å². The fourth-order valence-electron chi connectivity index (χ4n) is 1.98. The van der Waals surface area contributed by atoms with Crippen molar-refractivity contribution in [2.45, 2.75) is 26.4 Å². The SMILES string of the molecule is CCCCNC(=O)OCc1ccc(C#CC#Cc2ccccc2)cc1. The van der Waals surface area contributed by atoms with Gasteiger partial charge in [0.25, 0.3) is 0 Å². The summed E-state index contributed by atoms with van der Waals surface area (Å²) in [6.45, 7) is 2.97. The summed E-state index contributed by atoms with van der Waals surface area (Å²) in [5.74, 6) is 11.7. The molecule has 0 aliphatic heterocycles. The third-order valence-electron chi connectivity index (χ3n) is 3.37. The molecule has 0 fully saturated rings. The zero-order valence-electron chi connectivity index (χ0n) is 14.3. The van der Waals surface area contributed by atoms with Crippen LogP contribution < -0.4 is 5.32 Å². The molecule has 2 aromatic carbocycles. The molecule has 1 amide bonds. The normalized spacial score (nSPS) is 9.16. The minimum atomic E-state index is -0.381. The smallest absolute Gasteiger partial charge is 0.407 e. The van der Waals surface area contributed by atoms with E-state index < -0.39 is 0 Å². The Hall–Kier alpha value is -3.17. The highest BCUT2D eigenvalue weighted by molar-refractivity contribution is 5.67. The molecule has 25 heavy (non-hydrogen) atoms. The van der Waals surface area contributed by atoms with Gasteiger partial charge in [-0.15, -0.1) is 0 Å². The van der Waals surface area contributed by atoms with E-state index in [0.717, 1.165) is 29.5 Å². The van der Waals surface area contributed by atoms with Crippen molar-refractivity contribution >= 4 is 6.09 Å². The lowest BCUT2D eigenvalue weighted by Gasteiger charge is -2.06. The largest absolute Gasteiger partial charge is 0.445 e. The molecular weight excluding hydrogens is 310 g/mol. The van der Waals surface area contributed by atoms with Gasteiger partial charge in [0.2, 0.25) is 0 Å². The predicted octanol–water partition coefficient (Wildman–Crippen LogP) is 4.12. The summed E-state index contributed by atoms with van der Waals surface area (Å²) in [5.41, 5.74) is 2.74. The monoisotopic (exact) mass is 331 g/mol. The van der Waals surface area contributed by atoms with E-state index in [9.17, 15) is 4.79 Å². The molecule has 2 aromatic rings. The summed E-state index contributed by atoms with van der Waals surface area (Å²) in [7, 11) is 0. The summed E-state index contributed by atoms with van der Waals surface area (Å²) in [6, 6.07) is 17.3. The molecule has 3 nitrogen and oxygen atoms in total. The molecule has 3 heteroatoms. The van der Waals surface area contributed by atoms with Crippen LogP contribution in [0.2, 0.25) is 0 Å². The molecule has 0 unspecified atom stereocenters. The molecule has 0 atom stereocenters. The van der Waals surface area contributed by atoms with E-state index in [-0.39, 0.29) is 12.7 Å². The van der Waals surface area contributed by atoms with Gasteiger partial charge in [-0.25, -0.2) is 4.79 Å². The molecule has 0 saturated heterocycles. The van der Waals surface area contributed by atoms with Gasteiger partial charge in [0.15, 0.2) is 0 Å². The molecule has 0 radical (unpaired) electrons. The van der Waals surface area contributed by atoms with Gasteiger partial charge in [-0.1, -0.05) is 55.5 Å². The van der Waals surface area contributed by atoms with Crippen molar-refractivity contribution in [1.29, 1.82) is 0 Å². The van der Waals surface area contributed by atoms with Crippen LogP contribution in [0.3, 0.4) is 0 Å². The lowest BCUT2D eigenvalue weighted by Crippen LogP contribution is -2.25. The van der Waals surface area contributed by atoms with Crippen molar-refractivity contribution in [2.24, 2.45) is 0 Å². The van der Waals surface area contributed by atoms with E-state index in [4.69, 9.17) is 4.74 Å². The molecule has 1 N–H and O–H groups in total. The van der Waals surface area contributed by atoms with Crippen LogP contribution in [0.1, 0.15) is 36.5 Å². The average Bonchev–Trinajstić information content (AvgIpc) is 2.65. The summed E-state index contributed by atoms with van der Waals surface area (Å²) in [5, 5.41) is 2.71. The number of ether oxygens (including phenoxy) is 1. The number of alkyl carbamates (subject to hydrolysis) is 1. The third kappa shape index (κ3) is 7.29. The topological polar surface area (TPSA) is 38.3 Å². The Kier molecular flexibility index (Phi) is 7.69. The zero-order valence-corrected chi connectivity index (χ0v) is 14.3. The number of rotatable bonds is 5. The summed E-state index contributed by atoms with van der Waals surface area (Å²) in [6.07, 6.45) is 1.61. The molecular formula is C22H21NO2. The number of hydrogen-bond donors (Lipinski definition) is 1. The fourth-order valence-corrected chi connectivity index (χ4v) is 1.98. The van der Waals surface area contributed by atoms with E-state index >= 15 is 0 Å². The number of hydrogen-bond acceptors (Lipinski definition) is 2. The lowest BCUT2D eigenvalue weighted by atomic mass is 10.1. The molecule has 0 bridgehead atoms. The Morgan fingerprint density at radius 1 is 0.960 bits per heavy atom. The Balaban J connectivity index is 1.81. The van der Waals surface area contributed by atoms with Crippen molar-refractivity contribution in [2.75, 3.05) is 6.54 Å². The second kappa shape index (κ2) is 10.6. The highest BCUT2D eigenvalue weighted by atomic mass is 16.5. The second-order valence-corrected chi connectivity index (χ2v) is 5.42. The summed E-state index contributed by atoms with van der Waals surface area (Å²) in [4.78, 5) is 11.5. The van der Waals surface area contributed by atoms with Crippen LogP contribution in [-0.2, 0) is 11.3 Å². The van der Waals surface area contributed by atoms with Crippen LogP contribution >= 0.6 is 0 Å². The summed E-state index contributed by atoms with van der Waals surface area (Å²) >= 11 is 0. The molecule has 0 heterocycles. The average molecular weight is 331 g/mol. The first kappa shape index (κ1) is 18.2. The predicted molar refractivity (Wildman–Crippen MR) is 99.7 cm³/mol. The van der Waals surface area contributed by atoms with Crippen LogP contribution in [0.5, 0.6) is 0 Å². The number of amides is 1. The Bertz CT molecular complexity index is 787. The van der Waals surface area contributed by atoms with Crippen LogP contribution in [0.4, 0.5) is 4.79 Å². The number of unbranched alkanes of at least 4 members (excludes halogenated alkanes) is 1. The quantitative estimate of drug-likeness (QED) is 0.661. The van der Waals surface area contributed by atoms with Gasteiger partial charge in [-0.3, -0.25) is 0 Å². The van der Waals surface area contributed by atoms with E-state index in [2.05, 4.69) is 35.9 Å². The van der Waals surface area contributed by atoms with Gasteiger partial charge in [-0.2, -0.15) is 0 Å². The number of carbonyl (C=O) groups excluding carboxylic acids is 1. The lowest BCUT2D eigenvalue weighted by molar-refractivity contribution is 0.139. The number of benzene rings is 2. The minimum absolute atomic E-state index is 0.249. The van der Waals surface area contributed by atoms with Gasteiger partial charge in [0, 0.05) is 17.7 Å². The zero-order chi connectivity index (χ0) is 17.7. The molecule has 126 valence electrons. The molecule has 0 spiro atoms. The maximum Gasteiger partial charge on any atom is 0.407 e. The number of nitrogens with one attached hydrogen (secondary N) is 1. The first-order chi connectivity index (χ1) is 12.3. The highest BCUT2D eigenvalue weighted by Gasteiger charge is 2.01. The van der Waals surface area contributed by atoms with Gasteiger partial charge in [0.05, 0.1) is 0 Å². The molecule has 2 rings (SSSR count). The highest BCUT2D eigenvalue weighted by Crippen LogP contribution is 2.05. The van der Waals surface area contributed by atoms with E-state index in [1.165, 1.54) is 0 Å². The van der Waals surface area contributed by atoms with Crippen molar-refractivity contribution in [3.8, 4) is 23.7 Å². The molecule has 0 aromatic heterocycles. The minimum Gasteiger partial charge on any atom is -0.445 e. The number of carbonyl (C=O) groups is 1. The maximum atomic E-state index is 11.5. The molecule has 0 saturated carbocycles. The fraction of sp³-hybridized carbons (Fsp3) is 0.227.